The van der Waals surface area contributed by atoms with Gasteiger partial charge in [0.1, 0.15) is 0 Å². The molecule has 1 aromatic rings. The van der Waals surface area contributed by atoms with Gasteiger partial charge >= 0.3 is 0 Å². The Morgan fingerprint density at radius 2 is 2.32 bits per heavy atom. The molecule has 0 N–H and O–H groups in total. The third kappa shape index (κ3) is 2.85. The number of likely N-dealkylation sites (tertiary alicyclic amines) is 1. The molecule has 1 amide bonds. The first-order valence-electron chi connectivity index (χ1n) is 5.79. The summed E-state index contributed by atoms with van der Waals surface area (Å²) in [6.07, 6.45) is 0.827. The van der Waals surface area contributed by atoms with Gasteiger partial charge in [-0.15, -0.1) is 0 Å². The Bertz CT molecular complexity index is 520. The molecule has 1 aromatic carbocycles. The summed E-state index contributed by atoms with van der Waals surface area (Å²) in [7, 11) is 1.61. The second kappa shape index (κ2) is 5.54. The number of non-ortho nitro benzene ring substituents is 1. The molecule has 1 fully saturated rings. The predicted molar refractivity (Wildman–Crippen MR) is 69.4 cm³/mol. The van der Waals surface area contributed by atoms with Crippen LogP contribution in [0, 0.1) is 10.1 Å². The summed E-state index contributed by atoms with van der Waals surface area (Å²) in [4.78, 5) is 23.9. The van der Waals surface area contributed by atoms with Crippen molar-refractivity contribution in [1.82, 2.24) is 4.90 Å². The number of halogens is 1. The van der Waals surface area contributed by atoms with E-state index in [1.54, 1.807) is 12.0 Å². The van der Waals surface area contributed by atoms with Gasteiger partial charge in [0.25, 0.3) is 11.6 Å². The molecule has 0 aliphatic carbocycles. The van der Waals surface area contributed by atoms with E-state index in [4.69, 9.17) is 16.3 Å². The van der Waals surface area contributed by atoms with E-state index in [0.717, 1.165) is 6.42 Å². The molecule has 1 aliphatic rings. The van der Waals surface area contributed by atoms with Crippen LogP contribution < -0.4 is 0 Å². The maximum atomic E-state index is 12.2. The monoisotopic (exact) mass is 284 g/mol. The number of nitro benzene ring substituents is 1. The van der Waals surface area contributed by atoms with Crippen molar-refractivity contribution < 1.29 is 14.5 Å². The third-order valence-electron chi connectivity index (χ3n) is 3.16. The molecule has 0 radical (unpaired) electrons. The average Bonchev–Trinajstić information content (AvgIpc) is 2.86. The molecule has 6 nitrogen and oxygen atoms in total. The van der Waals surface area contributed by atoms with Crippen molar-refractivity contribution in [3.8, 4) is 0 Å². The molecule has 1 unspecified atom stereocenters. The number of carbonyl (C=O) groups excluding carboxylic acids is 1. The van der Waals surface area contributed by atoms with E-state index in [9.17, 15) is 14.9 Å². The molecule has 0 saturated carbocycles. The maximum absolute atomic E-state index is 12.2. The number of ether oxygens (including phenoxy) is 1. The highest BCUT2D eigenvalue weighted by molar-refractivity contribution is 6.34. The molecule has 7 heteroatoms. The first kappa shape index (κ1) is 13.8. The van der Waals surface area contributed by atoms with Crippen LogP contribution in [0.3, 0.4) is 0 Å². The van der Waals surface area contributed by atoms with E-state index in [1.165, 1.54) is 18.2 Å². The van der Waals surface area contributed by atoms with Crippen LogP contribution in [0.2, 0.25) is 5.02 Å². The highest BCUT2D eigenvalue weighted by Gasteiger charge is 2.28. The molecule has 0 spiro atoms. The highest BCUT2D eigenvalue weighted by atomic mass is 35.5. The van der Waals surface area contributed by atoms with Crippen molar-refractivity contribution in [2.24, 2.45) is 0 Å². The number of amides is 1. The van der Waals surface area contributed by atoms with Gasteiger partial charge in [-0.3, -0.25) is 14.9 Å². The molecular formula is C12H13ClN2O4. The van der Waals surface area contributed by atoms with Crippen LogP contribution in [0.1, 0.15) is 16.8 Å². The normalized spacial score (nSPS) is 18.6. The predicted octanol–water partition coefficient (Wildman–Crippen LogP) is 2.11. The number of hydrogen-bond donors (Lipinski definition) is 0. The van der Waals surface area contributed by atoms with Crippen molar-refractivity contribution in [2.75, 3.05) is 20.2 Å². The Labute approximate surface area is 115 Å². The Morgan fingerprint density at radius 3 is 2.84 bits per heavy atom. The van der Waals surface area contributed by atoms with Crippen LogP contribution in [-0.4, -0.2) is 42.0 Å². The summed E-state index contributed by atoms with van der Waals surface area (Å²) in [6, 6.07) is 3.87. The fraction of sp³-hybridized carbons (Fsp3) is 0.417. The van der Waals surface area contributed by atoms with E-state index in [2.05, 4.69) is 0 Å². The van der Waals surface area contributed by atoms with Crippen LogP contribution >= 0.6 is 11.6 Å². The smallest absolute Gasteiger partial charge is 0.270 e. The summed E-state index contributed by atoms with van der Waals surface area (Å²) in [5.41, 5.74) is 0.154. The van der Waals surface area contributed by atoms with Crippen LogP contribution in [0.15, 0.2) is 18.2 Å². The number of methoxy groups -OCH3 is 1. The van der Waals surface area contributed by atoms with Gasteiger partial charge in [0.15, 0.2) is 0 Å². The maximum Gasteiger partial charge on any atom is 0.270 e. The van der Waals surface area contributed by atoms with Crippen molar-refractivity contribution in [2.45, 2.75) is 12.5 Å². The summed E-state index contributed by atoms with van der Waals surface area (Å²) in [5.74, 6) is -0.223. The molecular weight excluding hydrogens is 272 g/mol. The van der Waals surface area contributed by atoms with Crippen LogP contribution in [0.5, 0.6) is 0 Å². The van der Waals surface area contributed by atoms with Crippen LogP contribution in [0.4, 0.5) is 5.69 Å². The van der Waals surface area contributed by atoms with Gasteiger partial charge < -0.3 is 9.64 Å². The van der Waals surface area contributed by atoms with Gasteiger partial charge in [0, 0.05) is 32.3 Å². The minimum absolute atomic E-state index is 0.0424. The van der Waals surface area contributed by atoms with E-state index in [0.29, 0.717) is 13.1 Å². The SMILES string of the molecule is COC1CCN(C(=O)c2ccc([N+](=O)[O-])cc2Cl)C1. The van der Waals surface area contributed by atoms with Crippen molar-refractivity contribution in [3.05, 3.63) is 38.9 Å². The van der Waals surface area contributed by atoms with Crippen molar-refractivity contribution >= 4 is 23.2 Å². The largest absolute Gasteiger partial charge is 0.380 e. The molecule has 1 atom stereocenters. The summed E-state index contributed by atoms with van der Waals surface area (Å²) >= 11 is 5.93. The molecule has 2 rings (SSSR count). The van der Waals surface area contributed by atoms with Crippen LogP contribution in [-0.2, 0) is 4.74 Å². The number of nitro groups is 1. The van der Waals surface area contributed by atoms with Gasteiger partial charge in [0.05, 0.1) is 21.6 Å². The fourth-order valence-electron chi connectivity index (χ4n) is 2.07. The number of hydrogen-bond acceptors (Lipinski definition) is 4. The first-order valence-corrected chi connectivity index (χ1v) is 6.16. The lowest BCUT2D eigenvalue weighted by molar-refractivity contribution is -0.384. The van der Waals surface area contributed by atoms with E-state index in [1.807, 2.05) is 0 Å². The zero-order valence-corrected chi connectivity index (χ0v) is 11.1. The van der Waals surface area contributed by atoms with Gasteiger partial charge in [-0.25, -0.2) is 0 Å². The topological polar surface area (TPSA) is 72.7 Å². The fourth-order valence-corrected chi connectivity index (χ4v) is 2.32. The molecule has 1 aliphatic heterocycles. The third-order valence-corrected chi connectivity index (χ3v) is 3.47. The lowest BCUT2D eigenvalue weighted by atomic mass is 10.2. The Hall–Kier alpha value is -1.66. The summed E-state index contributed by atoms with van der Waals surface area (Å²) in [6.45, 7) is 1.12. The average molecular weight is 285 g/mol. The van der Waals surface area contributed by atoms with Gasteiger partial charge in [0.2, 0.25) is 0 Å². The number of rotatable bonds is 3. The zero-order chi connectivity index (χ0) is 14.0. The molecule has 102 valence electrons. The molecule has 19 heavy (non-hydrogen) atoms. The number of nitrogens with zero attached hydrogens (tertiary/aromatic N) is 2. The minimum atomic E-state index is -0.545. The molecule has 0 bridgehead atoms. The highest BCUT2D eigenvalue weighted by Crippen LogP contribution is 2.25. The van der Waals surface area contributed by atoms with Gasteiger partial charge in [-0.05, 0) is 12.5 Å². The van der Waals surface area contributed by atoms with Crippen LogP contribution in [0.25, 0.3) is 0 Å². The second-order valence-electron chi connectivity index (χ2n) is 4.32. The lowest BCUT2D eigenvalue weighted by Gasteiger charge is -2.16. The lowest BCUT2D eigenvalue weighted by Crippen LogP contribution is -2.30. The van der Waals surface area contributed by atoms with E-state index < -0.39 is 4.92 Å². The minimum Gasteiger partial charge on any atom is -0.380 e. The van der Waals surface area contributed by atoms with Gasteiger partial charge in [-0.1, -0.05) is 11.6 Å². The molecule has 0 aromatic heterocycles. The van der Waals surface area contributed by atoms with Crippen molar-refractivity contribution in [3.63, 3.8) is 0 Å². The standard InChI is InChI=1S/C12H13ClN2O4/c1-19-9-4-5-14(7-9)12(16)10-3-2-8(15(17)18)6-11(10)13/h2-3,6,9H,4-5,7H2,1H3. The number of benzene rings is 1. The van der Waals surface area contributed by atoms with Gasteiger partial charge in [-0.2, -0.15) is 0 Å². The second-order valence-corrected chi connectivity index (χ2v) is 4.73. The van der Waals surface area contributed by atoms with E-state index in [-0.39, 0.29) is 28.3 Å². The molecule has 1 heterocycles. The summed E-state index contributed by atoms with van der Waals surface area (Å²) < 4.78 is 5.19. The summed E-state index contributed by atoms with van der Waals surface area (Å²) in [5, 5.41) is 10.7. The quantitative estimate of drug-likeness (QED) is 0.629. The van der Waals surface area contributed by atoms with Crippen molar-refractivity contribution in [1.29, 1.82) is 0 Å². The first-order chi connectivity index (χ1) is 9.02. The Kier molecular flexibility index (Phi) is 4.01. The Morgan fingerprint density at radius 1 is 1.58 bits per heavy atom. The van der Waals surface area contributed by atoms with E-state index >= 15 is 0 Å². The number of carbonyl (C=O) groups is 1. The Balaban J connectivity index is 2.18. The molecule has 1 saturated heterocycles. The zero-order valence-electron chi connectivity index (χ0n) is 10.3.